The molecular formula is C22H20ClN3O2S. The molecule has 0 unspecified atom stereocenters. The fourth-order valence-electron chi connectivity index (χ4n) is 2.50. The highest BCUT2D eigenvalue weighted by Gasteiger charge is 2.07. The number of carbonyl (C=O) groups excluding carboxylic acids is 2. The molecule has 0 aliphatic carbocycles. The van der Waals surface area contributed by atoms with Crippen LogP contribution in [0, 0.1) is 0 Å². The number of anilines is 1. The minimum absolute atomic E-state index is 0.155. The highest BCUT2D eigenvalue weighted by Crippen LogP contribution is 2.24. The van der Waals surface area contributed by atoms with Crippen molar-refractivity contribution < 1.29 is 9.59 Å². The maximum atomic E-state index is 12.1. The van der Waals surface area contributed by atoms with Gasteiger partial charge in [-0.3, -0.25) is 14.6 Å². The van der Waals surface area contributed by atoms with Crippen molar-refractivity contribution >= 4 is 40.9 Å². The predicted molar refractivity (Wildman–Crippen MR) is 117 cm³/mol. The van der Waals surface area contributed by atoms with Crippen LogP contribution in [0.2, 0.25) is 5.02 Å². The average Bonchev–Trinajstić information content (AvgIpc) is 2.74. The first kappa shape index (κ1) is 20.9. The number of amides is 2. The van der Waals surface area contributed by atoms with E-state index < -0.39 is 0 Å². The third kappa shape index (κ3) is 6.93. The van der Waals surface area contributed by atoms with Crippen molar-refractivity contribution in [2.75, 3.05) is 11.9 Å². The maximum absolute atomic E-state index is 12.1. The number of hydrogen-bond acceptors (Lipinski definition) is 4. The van der Waals surface area contributed by atoms with Crippen LogP contribution in [0.4, 0.5) is 5.69 Å². The Morgan fingerprint density at radius 3 is 2.45 bits per heavy atom. The molecule has 3 rings (SSSR count). The second-order valence-electron chi connectivity index (χ2n) is 6.24. The van der Waals surface area contributed by atoms with Crippen molar-refractivity contribution in [1.82, 2.24) is 10.3 Å². The fourth-order valence-corrected chi connectivity index (χ4v) is 3.46. The van der Waals surface area contributed by atoms with E-state index in [4.69, 9.17) is 11.6 Å². The molecule has 0 atom stereocenters. The number of halogens is 1. The number of nitrogens with one attached hydrogen (secondary N) is 2. The van der Waals surface area contributed by atoms with Gasteiger partial charge >= 0.3 is 0 Å². The zero-order valence-corrected chi connectivity index (χ0v) is 17.2. The normalized spacial score (nSPS) is 10.4. The Morgan fingerprint density at radius 2 is 1.76 bits per heavy atom. The fraction of sp³-hybridized carbons (Fsp3) is 0.136. The molecule has 1 aromatic heterocycles. The number of hydrogen-bond donors (Lipinski definition) is 2. The number of aromatic nitrogens is 1. The Morgan fingerprint density at radius 1 is 1.00 bits per heavy atom. The zero-order chi connectivity index (χ0) is 20.5. The average molecular weight is 426 g/mol. The van der Waals surface area contributed by atoms with E-state index in [1.54, 1.807) is 42.2 Å². The Hall–Kier alpha value is -2.83. The maximum Gasteiger partial charge on any atom is 0.251 e. The SMILES string of the molecule is O=C(CCNC(=O)c1ccc(Cl)cc1)Nc1ccc(SCc2cccnc2)cc1. The van der Waals surface area contributed by atoms with Gasteiger partial charge in [0.2, 0.25) is 5.91 Å². The molecular weight excluding hydrogens is 406 g/mol. The van der Waals surface area contributed by atoms with Gasteiger partial charge in [-0.05, 0) is 60.2 Å². The summed E-state index contributed by atoms with van der Waals surface area (Å²) in [6, 6.07) is 18.2. The van der Waals surface area contributed by atoms with Gasteiger partial charge in [0.1, 0.15) is 0 Å². The molecule has 29 heavy (non-hydrogen) atoms. The number of nitrogens with zero attached hydrogens (tertiary/aromatic N) is 1. The number of thioether (sulfide) groups is 1. The summed E-state index contributed by atoms with van der Waals surface area (Å²) in [4.78, 5) is 29.3. The quantitative estimate of drug-likeness (QED) is 0.509. The van der Waals surface area contributed by atoms with Gasteiger partial charge < -0.3 is 10.6 Å². The largest absolute Gasteiger partial charge is 0.352 e. The van der Waals surface area contributed by atoms with Crippen LogP contribution in [0.3, 0.4) is 0 Å². The molecule has 3 aromatic rings. The minimum atomic E-state index is -0.232. The monoisotopic (exact) mass is 425 g/mol. The van der Waals surface area contributed by atoms with Crippen molar-refractivity contribution in [2.45, 2.75) is 17.1 Å². The van der Waals surface area contributed by atoms with Gasteiger partial charge in [-0.1, -0.05) is 17.7 Å². The Balaban J connectivity index is 1.39. The molecule has 1 heterocycles. The Labute approximate surface area is 178 Å². The second-order valence-corrected chi connectivity index (χ2v) is 7.72. The lowest BCUT2D eigenvalue weighted by atomic mass is 10.2. The lowest BCUT2D eigenvalue weighted by molar-refractivity contribution is -0.116. The minimum Gasteiger partial charge on any atom is -0.352 e. The molecule has 5 nitrogen and oxygen atoms in total. The van der Waals surface area contributed by atoms with E-state index >= 15 is 0 Å². The van der Waals surface area contributed by atoms with Crippen LogP contribution >= 0.6 is 23.4 Å². The van der Waals surface area contributed by atoms with Gasteiger partial charge in [0.25, 0.3) is 5.91 Å². The number of pyridine rings is 1. The first-order chi connectivity index (χ1) is 14.1. The van der Waals surface area contributed by atoms with Crippen LogP contribution in [0.5, 0.6) is 0 Å². The summed E-state index contributed by atoms with van der Waals surface area (Å²) < 4.78 is 0. The standard InChI is InChI=1S/C22H20ClN3O2S/c23-18-5-3-17(4-6-18)22(28)25-13-11-21(27)26-19-7-9-20(10-8-19)29-15-16-2-1-12-24-14-16/h1-10,12,14H,11,13,15H2,(H,25,28)(H,26,27). The van der Waals surface area contributed by atoms with Crippen molar-refractivity contribution in [1.29, 1.82) is 0 Å². The smallest absolute Gasteiger partial charge is 0.251 e. The van der Waals surface area contributed by atoms with E-state index in [-0.39, 0.29) is 24.8 Å². The summed E-state index contributed by atoms with van der Waals surface area (Å²) >= 11 is 7.51. The molecule has 2 N–H and O–H groups in total. The van der Waals surface area contributed by atoms with Crippen molar-refractivity contribution in [3.63, 3.8) is 0 Å². The van der Waals surface area contributed by atoms with Gasteiger partial charge in [-0.25, -0.2) is 0 Å². The lowest BCUT2D eigenvalue weighted by Crippen LogP contribution is -2.27. The van der Waals surface area contributed by atoms with Crippen LogP contribution in [0.15, 0.2) is 78.0 Å². The molecule has 2 aromatic carbocycles. The highest BCUT2D eigenvalue weighted by molar-refractivity contribution is 7.98. The first-order valence-corrected chi connectivity index (χ1v) is 10.4. The van der Waals surface area contributed by atoms with E-state index in [1.807, 2.05) is 42.6 Å². The molecule has 0 saturated heterocycles. The van der Waals surface area contributed by atoms with E-state index in [2.05, 4.69) is 15.6 Å². The van der Waals surface area contributed by atoms with E-state index in [0.29, 0.717) is 10.6 Å². The van der Waals surface area contributed by atoms with Crippen LogP contribution < -0.4 is 10.6 Å². The highest BCUT2D eigenvalue weighted by atomic mass is 35.5. The summed E-state index contributed by atoms with van der Waals surface area (Å²) in [5.41, 5.74) is 2.40. The topological polar surface area (TPSA) is 71.1 Å². The zero-order valence-electron chi connectivity index (χ0n) is 15.6. The molecule has 0 aliphatic rings. The summed E-state index contributed by atoms with van der Waals surface area (Å²) in [6.07, 6.45) is 3.80. The molecule has 0 fully saturated rings. The second kappa shape index (κ2) is 10.6. The molecule has 148 valence electrons. The Bertz CT molecular complexity index is 948. The summed E-state index contributed by atoms with van der Waals surface area (Å²) in [6.45, 7) is 0.256. The molecule has 0 radical (unpaired) electrons. The van der Waals surface area contributed by atoms with Crippen LogP contribution in [0.25, 0.3) is 0 Å². The van der Waals surface area contributed by atoms with Gasteiger partial charge in [0.05, 0.1) is 0 Å². The van der Waals surface area contributed by atoms with Crippen molar-refractivity contribution in [2.24, 2.45) is 0 Å². The lowest BCUT2D eigenvalue weighted by Gasteiger charge is -2.08. The van der Waals surface area contributed by atoms with Crippen molar-refractivity contribution in [3.05, 3.63) is 89.2 Å². The van der Waals surface area contributed by atoms with Crippen LogP contribution in [-0.2, 0) is 10.5 Å². The molecule has 0 spiro atoms. The van der Waals surface area contributed by atoms with Crippen LogP contribution in [0.1, 0.15) is 22.3 Å². The Kier molecular flexibility index (Phi) is 7.67. The van der Waals surface area contributed by atoms with Crippen LogP contribution in [-0.4, -0.2) is 23.3 Å². The molecule has 2 amide bonds. The third-order valence-electron chi connectivity index (χ3n) is 4.01. The first-order valence-electron chi connectivity index (χ1n) is 9.05. The molecule has 0 saturated carbocycles. The van der Waals surface area contributed by atoms with Crippen molar-refractivity contribution in [3.8, 4) is 0 Å². The van der Waals surface area contributed by atoms with Gasteiger partial charge in [0.15, 0.2) is 0 Å². The molecule has 7 heteroatoms. The van der Waals surface area contributed by atoms with E-state index in [9.17, 15) is 9.59 Å². The number of benzene rings is 2. The summed E-state index contributed by atoms with van der Waals surface area (Å²) in [5.74, 6) is 0.453. The molecule has 0 bridgehead atoms. The van der Waals surface area contributed by atoms with E-state index in [1.165, 1.54) is 0 Å². The van der Waals surface area contributed by atoms with Gasteiger partial charge in [-0.2, -0.15) is 0 Å². The summed E-state index contributed by atoms with van der Waals surface area (Å²) in [7, 11) is 0. The predicted octanol–water partition coefficient (Wildman–Crippen LogP) is 4.79. The van der Waals surface area contributed by atoms with E-state index in [0.717, 1.165) is 21.9 Å². The number of rotatable bonds is 8. The van der Waals surface area contributed by atoms with Gasteiger partial charge in [0, 0.05) is 52.3 Å². The van der Waals surface area contributed by atoms with Gasteiger partial charge in [-0.15, -0.1) is 11.8 Å². The number of carbonyl (C=O) groups is 2. The molecule has 0 aliphatic heterocycles. The summed E-state index contributed by atoms with van der Waals surface area (Å²) in [5, 5.41) is 6.13. The third-order valence-corrected chi connectivity index (χ3v) is 5.35.